The zero-order valence-corrected chi connectivity index (χ0v) is 10.9. The van der Waals surface area contributed by atoms with E-state index in [1.54, 1.807) is 7.11 Å². The van der Waals surface area contributed by atoms with Crippen LogP contribution in [0.25, 0.3) is 0 Å². The van der Waals surface area contributed by atoms with Crippen molar-refractivity contribution in [1.82, 2.24) is 0 Å². The highest BCUT2D eigenvalue weighted by molar-refractivity contribution is 5.08. The van der Waals surface area contributed by atoms with Gasteiger partial charge >= 0.3 is 0 Å². The third kappa shape index (κ3) is 2.13. The van der Waals surface area contributed by atoms with Crippen LogP contribution >= 0.6 is 0 Å². The predicted molar refractivity (Wildman–Crippen MR) is 64.2 cm³/mol. The van der Waals surface area contributed by atoms with Crippen LogP contribution in [0.5, 0.6) is 0 Å². The monoisotopic (exact) mass is 228 g/mol. The summed E-state index contributed by atoms with van der Waals surface area (Å²) in [5.41, 5.74) is 0.714. The van der Waals surface area contributed by atoms with Crippen molar-refractivity contribution in [3.05, 3.63) is 0 Å². The molecule has 0 aromatic heterocycles. The molecule has 3 atom stereocenters. The van der Waals surface area contributed by atoms with Crippen LogP contribution in [-0.2, 0) is 4.74 Å². The number of rotatable bonds is 5. The topological polar surface area (TPSA) is 9.23 Å². The molecule has 0 saturated heterocycles. The Morgan fingerprint density at radius 2 is 2.12 bits per heavy atom. The van der Waals surface area contributed by atoms with E-state index in [2.05, 4.69) is 6.92 Å². The number of methoxy groups -OCH3 is 1. The molecule has 1 nitrogen and oxygen atoms in total. The second kappa shape index (κ2) is 4.29. The van der Waals surface area contributed by atoms with Gasteiger partial charge in [-0.3, -0.25) is 0 Å². The molecular formula is C14H25FO. The van der Waals surface area contributed by atoms with Gasteiger partial charge in [-0.15, -0.1) is 0 Å². The summed E-state index contributed by atoms with van der Waals surface area (Å²) in [6.45, 7) is 4.99. The van der Waals surface area contributed by atoms with Crippen molar-refractivity contribution in [2.45, 2.75) is 58.5 Å². The molecule has 94 valence electrons. The largest absolute Gasteiger partial charge is 0.384 e. The molecular weight excluding hydrogens is 203 g/mol. The number of ether oxygens (including phenoxy) is 1. The molecule has 2 heteroatoms. The molecule has 2 aliphatic carbocycles. The summed E-state index contributed by atoms with van der Waals surface area (Å²) >= 11 is 0. The molecule has 0 bridgehead atoms. The van der Waals surface area contributed by atoms with Crippen molar-refractivity contribution in [1.29, 1.82) is 0 Å². The van der Waals surface area contributed by atoms with E-state index in [1.165, 1.54) is 25.7 Å². The van der Waals surface area contributed by atoms with E-state index in [1.807, 2.05) is 6.92 Å². The summed E-state index contributed by atoms with van der Waals surface area (Å²) < 4.78 is 19.1. The molecule has 2 fully saturated rings. The van der Waals surface area contributed by atoms with Crippen LogP contribution in [0.2, 0.25) is 0 Å². The van der Waals surface area contributed by atoms with Crippen LogP contribution in [0.3, 0.4) is 0 Å². The quantitative estimate of drug-likeness (QED) is 0.692. The van der Waals surface area contributed by atoms with Gasteiger partial charge in [0.25, 0.3) is 0 Å². The Labute approximate surface area is 98.8 Å². The van der Waals surface area contributed by atoms with Gasteiger partial charge in [0, 0.05) is 7.11 Å². The van der Waals surface area contributed by atoms with Gasteiger partial charge in [-0.05, 0) is 55.3 Å². The summed E-state index contributed by atoms with van der Waals surface area (Å²) in [5.74, 6) is 0.625. The summed E-state index contributed by atoms with van der Waals surface area (Å²) in [5, 5.41) is 0. The lowest BCUT2D eigenvalue weighted by Crippen LogP contribution is -2.32. The molecule has 0 aromatic rings. The molecule has 1 spiro atoms. The molecule has 2 rings (SSSR count). The fourth-order valence-electron chi connectivity index (χ4n) is 3.82. The first-order chi connectivity index (χ1) is 7.56. The zero-order chi connectivity index (χ0) is 11.8. The molecule has 3 unspecified atom stereocenters. The third-order valence-corrected chi connectivity index (χ3v) is 4.97. The smallest absolute Gasteiger partial charge is 0.100 e. The first-order valence-corrected chi connectivity index (χ1v) is 6.69. The first kappa shape index (κ1) is 12.3. The van der Waals surface area contributed by atoms with Crippen LogP contribution in [0, 0.1) is 16.7 Å². The Hall–Kier alpha value is -0.110. The molecule has 0 radical (unpaired) electrons. The van der Waals surface area contributed by atoms with E-state index in [9.17, 15) is 4.39 Å². The van der Waals surface area contributed by atoms with Crippen molar-refractivity contribution in [2.75, 3.05) is 13.7 Å². The predicted octanol–water partition coefficient (Wildman–Crippen LogP) is 3.97. The van der Waals surface area contributed by atoms with E-state index in [0.717, 1.165) is 6.61 Å². The maximum absolute atomic E-state index is 13.7. The molecule has 0 N–H and O–H groups in total. The summed E-state index contributed by atoms with van der Waals surface area (Å²) in [7, 11) is 1.76. The minimum absolute atomic E-state index is 0.126. The standard InChI is InChI=1S/C14H25FO/c1-4-12(15)8-14(10-16-3)9-13(5-6-13)7-11(14)2/h11-12H,4-10H2,1-3H3. The van der Waals surface area contributed by atoms with E-state index in [4.69, 9.17) is 4.74 Å². The SMILES string of the molecule is CCC(F)CC1(COC)CC2(CC2)CC1C. The Morgan fingerprint density at radius 3 is 2.56 bits per heavy atom. The van der Waals surface area contributed by atoms with Gasteiger partial charge in [-0.1, -0.05) is 13.8 Å². The average molecular weight is 228 g/mol. The van der Waals surface area contributed by atoms with Gasteiger partial charge in [0.05, 0.1) is 6.61 Å². The molecule has 0 aromatic carbocycles. The minimum atomic E-state index is -0.647. The number of hydrogen-bond acceptors (Lipinski definition) is 1. The zero-order valence-electron chi connectivity index (χ0n) is 10.9. The maximum atomic E-state index is 13.7. The molecule has 2 saturated carbocycles. The van der Waals surface area contributed by atoms with Crippen molar-refractivity contribution in [3.8, 4) is 0 Å². The van der Waals surface area contributed by atoms with Crippen LogP contribution in [-0.4, -0.2) is 19.9 Å². The number of alkyl halides is 1. The van der Waals surface area contributed by atoms with Gasteiger partial charge in [-0.25, -0.2) is 4.39 Å². The lowest BCUT2D eigenvalue weighted by Gasteiger charge is -2.34. The Bertz CT molecular complexity index is 249. The molecule has 0 aliphatic heterocycles. The van der Waals surface area contributed by atoms with Crippen LogP contribution in [0.1, 0.15) is 52.4 Å². The second-order valence-electron chi connectivity index (χ2n) is 6.29. The molecule has 16 heavy (non-hydrogen) atoms. The highest BCUT2D eigenvalue weighted by atomic mass is 19.1. The van der Waals surface area contributed by atoms with Gasteiger partial charge in [0.1, 0.15) is 6.17 Å². The van der Waals surface area contributed by atoms with Gasteiger partial charge in [-0.2, -0.15) is 0 Å². The van der Waals surface area contributed by atoms with Gasteiger partial charge in [0.15, 0.2) is 0 Å². The fourth-order valence-corrected chi connectivity index (χ4v) is 3.82. The maximum Gasteiger partial charge on any atom is 0.100 e. The second-order valence-corrected chi connectivity index (χ2v) is 6.29. The Morgan fingerprint density at radius 1 is 1.44 bits per heavy atom. The van der Waals surface area contributed by atoms with Gasteiger partial charge in [0.2, 0.25) is 0 Å². The minimum Gasteiger partial charge on any atom is -0.384 e. The Balaban J connectivity index is 2.08. The van der Waals surface area contributed by atoms with Gasteiger partial charge < -0.3 is 4.74 Å². The fraction of sp³-hybridized carbons (Fsp3) is 1.00. The van der Waals surface area contributed by atoms with E-state index in [0.29, 0.717) is 24.2 Å². The van der Waals surface area contributed by atoms with Crippen molar-refractivity contribution < 1.29 is 9.13 Å². The number of halogens is 1. The van der Waals surface area contributed by atoms with Crippen LogP contribution < -0.4 is 0 Å². The molecule has 0 amide bonds. The van der Waals surface area contributed by atoms with E-state index >= 15 is 0 Å². The normalized spacial score (nSPS) is 37.9. The lowest BCUT2D eigenvalue weighted by molar-refractivity contribution is 0.0243. The van der Waals surface area contributed by atoms with Crippen LogP contribution in [0.15, 0.2) is 0 Å². The summed E-state index contributed by atoms with van der Waals surface area (Å²) in [6.07, 6.45) is 5.94. The summed E-state index contributed by atoms with van der Waals surface area (Å²) in [4.78, 5) is 0. The van der Waals surface area contributed by atoms with E-state index < -0.39 is 6.17 Å². The van der Waals surface area contributed by atoms with Crippen LogP contribution in [0.4, 0.5) is 4.39 Å². The Kier molecular flexibility index (Phi) is 3.31. The average Bonchev–Trinajstić information content (AvgIpc) is 2.91. The third-order valence-electron chi connectivity index (χ3n) is 4.97. The highest BCUT2D eigenvalue weighted by Crippen LogP contribution is 2.67. The first-order valence-electron chi connectivity index (χ1n) is 6.69. The van der Waals surface area contributed by atoms with E-state index in [-0.39, 0.29) is 5.41 Å². The van der Waals surface area contributed by atoms with Crippen molar-refractivity contribution in [2.24, 2.45) is 16.7 Å². The summed E-state index contributed by atoms with van der Waals surface area (Å²) in [6, 6.07) is 0. The lowest BCUT2D eigenvalue weighted by atomic mass is 9.74. The molecule has 0 heterocycles. The number of hydrogen-bond donors (Lipinski definition) is 0. The molecule has 2 aliphatic rings. The highest BCUT2D eigenvalue weighted by Gasteiger charge is 2.58. The van der Waals surface area contributed by atoms with Crippen molar-refractivity contribution >= 4 is 0 Å². The van der Waals surface area contributed by atoms with Crippen molar-refractivity contribution in [3.63, 3.8) is 0 Å².